The Hall–Kier alpha value is -3.91. The van der Waals surface area contributed by atoms with E-state index in [-0.39, 0.29) is 35.3 Å². The highest BCUT2D eigenvalue weighted by Gasteiger charge is 2.32. The molecule has 1 aromatic carbocycles. The molecule has 4 rings (SSSR count). The van der Waals surface area contributed by atoms with Crippen LogP contribution in [0.4, 0.5) is 16.4 Å². The summed E-state index contributed by atoms with van der Waals surface area (Å²) in [5.74, 6) is 0.677. The molecule has 38 heavy (non-hydrogen) atoms. The lowest BCUT2D eigenvalue weighted by molar-refractivity contribution is 0.00754. The number of rotatable bonds is 5. The van der Waals surface area contributed by atoms with E-state index < -0.39 is 17.7 Å². The van der Waals surface area contributed by atoms with Crippen LogP contribution in [-0.4, -0.2) is 48.7 Å². The maximum Gasteiger partial charge on any atom is 0.410 e. The maximum absolute atomic E-state index is 13.9. The van der Waals surface area contributed by atoms with Gasteiger partial charge in [-0.05, 0) is 59.1 Å². The molecule has 3 aromatic rings. The van der Waals surface area contributed by atoms with Crippen LogP contribution >= 0.6 is 11.6 Å². The molecule has 1 aliphatic heterocycles. The first-order valence-corrected chi connectivity index (χ1v) is 12.8. The molecule has 0 spiro atoms. The Morgan fingerprint density at radius 3 is 2.82 bits per heavy atom. The van der Waals surface area contributed by atoms with Gasteiger partial charge < -0.3 is 20.7 Å². The third-order valence-corrected chi connectivity index (χ3v) is 6.65. The van der Waals surface area contributed by atoms with Gasteiger partial charge in [-0.2, -0.15) is 5.26 Å². The highest BCUT2D eigenvalue weighted by atomic mass is 35.5. The molecule has 2 aromatic heterocycles. The predicted octanol–water partition coefficient (Wildman–Crippen LogP) is 4.26. The first-order chi connectivity index (χ1) is 18.0. The molecule has 2 atom stereocenters. The summed E-state index contributed by atoms with van der Waals surface area (Å²) in [4.78, 5) is 41.4. The number of benzene rings is 1. The van der Waals surface area contributed by atoms with Gasteiger partial charge in [0.2, 0.25) is 0 Å². The van der Waals surface area contributed by atoms with Gasteiger partial charge in [-0.15, -0.1) is 0 Å². The average molecular weight is 539 g/mol. The first kappa shape index (κ1) is 27.1. The summed E-state index contributed by atoms with van der Waals surface area (Å²) in [6, 6.07) is 6.26. The summed E-state index contributed by atoms with van der Waals surface area (Å²) in [7, 11) is 0. The smallest absolute Gasteiger partial charge is 0.410 e. The van der Waals surface area contributed by atoms with Crippen molar-refractivity contribution in [1.29, 1.82) is 5.26 Å². The van der Waals surface area contributed by atoms with Crippen molar-refractivity contribution in [3.63, 3.8) is 0 Å². The number of hydrogen-bond donors (Lipinski definition) is 2. The number of aromatic nitrogens is 4. The number of carbonyl (C=O) groups excluding carboxylic acids is 1. The molecule has 1 amide bonds. The number of carbonyl (C=O) groups is 1. The lowest BCUT2D eigenvalue weighted by atomic mass is 10.0. The van der Waals surface area contributed by atoms with Gasteiger partial charge >= 0.3 is 6.09 Å². The SMILES string of the molecule is C[C@H](Nc1ncnc(N)c1C#N)c1nc2cccc(Cl)c2c(=O)n1CC1CCCCN1C(=O)OC(C)(C)C. The Bertz CT molecular complexity index is 1460. The summed E-state index contributed by atoms with van der Waals surface area (Å²) < 4.78 is 7.20. The number of fused-ring (bicyclic) bond motifs is 1. The van der Waals surface area contributed by atoms with E-state index in [0.29, 0.717) is 34.7 Å². The number of hydrogen-bond acceptors (Lipinski definition) is 9. The van der Waals surface area contributed by atoms with E-state index >= 15 is 0 Å². The highest BCUT2D eigenvalue weighted by Crippen LogP contribution is 2.27. The van der Waals surface area contributed by atoms with Crippen LogP contribution < -0.4 is 16.6 Å². The van der Waals surface area contributed by atoms with Gasteiger partial charge in [-0.25, -0.2) is 19.7 Å². The minimum absolute atomic E-state index is 0.0445. The predicted molar refractivity (Wildman–Crippen MR) is 145 cm³/mol. The molecule has 1 saturated heterocycles. The second-order valence-corrected chi connectivity index (χ2v) is 10.7. The number of nitrogen functional groups attached to an aromatic ring is 1. The Labute approximate surface area is 225 Å². The summed E-state index contributed by atoms with van der Waals surface area (Å²) in [6.07, 6.45) is 3.31. The Balaban J connectivity index is 1.78. The summed E-state index contributed by atoms with van der Waals surface area (Å²) in [6.45, 7) is 8.01. The maximum atomic E-state index is 13.9. The van der Waals surface area contributed by atoms with Crippen molar-refractivity contribution in [2.24, 2.45) is 0 Å². The fourth-order valence-corrected chi connectivity index (χ4v) is 4.85. The Kier molecular flexibility index (Phi) is 7.73. The molecule has 3 N–H and O–H groups in total. The largest absolute Gasteiger partial charge is 0.444 e. The average Bonchev–Trinajstić information content (AvgIpc) is 2.85. The molecular formula is C26H31ClN8O3. The number of nitrogens with one attached hydrogen (secondary N) is 1. The molecule has 0 radical (unpaired) electrons. The topological polar surface area (TPSA) is 152 Å². The molecule has 12 heteroatoms. The fourth-order valence-electron chi connectivity index (χ4n) is 4.60. The third kappa shape index (κ3) is 5.65. The molecule has 1 aliphatic rings. The van der Waals surface area contributed by atoms with Crippen molar-refractivity contribution in [2.45, 2.75) is 71.2 Å². The van der Waals surface area contributed by atoms with Crippen LogP contribution in [0.2, 0.25) is 5.02 Å². The zero-order valence-corrected chi connectivity index (χ0v) is 22.6. The van der Waals surface area contributed by atoms with Crippen LogP contribution in [0, 0.1) is 11.3 Å². The number of nitrogens with zero attached hydrogens (tertiary/aromatic N) is 6. The number of halogens is 1. The minimum Gasteiger partial charge on any atom is -0.444 e. The van der Waals surface area contributed by atoms with Crippen LogP contribution in [-0.2, 0) is 11.3 Å². The van der Waals surface area contributed by atoms with Gasteiger partial charge in [-0.1, -0.05) is 17.7 Å². The second-order valence-electron chi connectivity index (χ2n) is 10.3. The molecule has 200 valence electrons. The second kappa shape index (κ2) is 10.8. The van der Waals surface area contributed by atoms with Crippen LogP contribution in [0.1, 0.15) is 64.4 Å². The normalized spacial score (nSPS) is 16.6. The van der Waals surface area contributed by atoms with Crippen molar-refractivity contribution in [3.8, 4) is 6.07 Å². The van der Waals surface area contributed by atoms with E-state index in [1.54, 1.807) is 34.6 Å². The van der Waals surface area contributed by atoms with E-state index in [0.717, 1.165) is 12.8 Å². The van der Waals surface area contributed by atoms with Crippen molar-refractivity contribution in [2.75, 3.05) is 17.6 Å². The number of nitriles is 1. The van der Waals surface area contributed by atoms with Gasteiger partial charge in [0.05, 0.1) is 28.0 Å². The number of amides is 1. The third-order valence-electron chi connectivity index (χ3n) is 6.34. The molecule has 0 saturated carbocycles. The van der Waals surface area contributed by atoms with Gasteiger partial charge in [0.25, 0.3) is 5.56 Å². The lowest BCUT2D eigenvalue weighted by Crippen LogP contribution is -2.49. The van der Waals surface area contributed by atoms with E-state index in [2.05, 4.69) is 15.3 Å². The van der Waals surface area contributed by atoms with Crippen LogP contribution in [0.15, 0.2) is 29.3 Å². The zero-order chi connectivity index (χ0) is 27.6. The van der Waals surface area contributed by atoms with Crippen molar-refractivity contribution in [3.05, 3.63) is 51.3 Å². The first-order valence-electron chi connectivity index (χ1n) is 12.5. The number of anilines is 2. The Morgan fingerprint density at radius 2 is 2.11 bits per heavy atom. The molecule has 1 unspecified atom stereocenters. The monoisotopic (exact) mass is 538 g/mol. The molecule has 3 heterocycles. The van der Waals surface area contributed by atoms with E-state index in [9.17, 15) is 14.9 Å². The van der Waals surface area contributed by atoms with Crippen molar-refractivity contribution < 1.29 is 9.53 Å². The lowest BCUT2D eigenvalue weighted by Gasteiger charge is -2.37. The van der Waals surface area contributed by atoms with Crippen molar-refractivity contribution >= 4 is 40.2 Å². The van der Waals surface area contributed by atoms with Gasteiger partial charge in [0, 0.05) is 13.1 Å². The quantitative estimate of drug-likeness (QED) is 0.485. The number of ether oxygens (including phenoxy) is 1. The summed E-state index contributed by atoms with van der Waals surface area (Å²) >= 11 is 6.43. The molecule has 0 aliphatic carbocycles. The standard InChI is InChI=1S/C26H31ClN8O3/c1-15(32-22-17(12-28)21(29)30-14-31-22)23-33-19-10-7-9-18(27)20(19)24(36)35(23)13-16-8-5-6-11-34(16)25(37)38-26(2,3)4/h7,9-10,14-16H,5-6,8,11,13H2,1-4H3,(H3,29,30,31,32)/t15-,16?/m0/s1. The molecule has 0 bridgehead atoms. The van der Waals surface area contributed by atoms with Crippen LogP contribution in [0.3, 0.4) is 0 Å². The number of piperidine rings is 1. The number of likely N-dealkylation sites (tertiary alicyclic amines) is 1. The summed E-state index contributed by atoms with van der Waals surface area (Å²) in [5, 5.41) is 13.3. The molecule has 11 nitrogen and oxygen atoms in total. The Morgan fingerprint density at radius 1 is 1.34 bits per heavy atom. The van der Waals surface area contributed by atoms with E-state index in [1.807, 2.05) is 26.8 Å². The minimum atomic E-state index is -0.643. The zero-order valence-electron chi connectivity index (χ0n) is 21.9. The fraction of sp³-hybridized carbons (Fsp3) is 0.462. The van der Waals surface area contributed by atoms with E-state index in [4.69, 9.17) is 27.1 Å². The van der Waals surface area contributed by atoms with E-state index in [1.165, 1.54) is 6.33 Å². The van der Waals surface area contributed by atoms with Crippen LogP contribution in [0.5, 0.6) is 0 Å². The van der Waals surface area contributed by atoms with Gasteiger partial charge in [0.15, 0.2) is 0 Å². The van der Waals surface area contributed by atoms with Gasteiger partial charge in [-0.3, -0.25) is 9.36 Å². The molecular weight excluding hydrogens is 508 g/mol. The van der Waals surface area contributed by atoms with Gasteiger partial charge in [0.1, 0.15) is 41.0 Å². The molecule has 1 fully saturated rings. The number of nitrogens with two attached hydrogens (primary N) is 1. The van der Waals surface area contributed by atoms with Crippen LogP contribution in [0.25, 0.3) is 10.9 Å². The highest BCUT2D eigenvalue weighted by molar-refractivity contribution is 6.35. The van der Waals surface area contributed by atoms with Crippen molar-refractivity contribution in [1.82, 2.24) is 24.4 Å². The summed E-state index contributed by atoms with van der Waals surface area (Å²) in [5.41, 5.74) is 5.43.